The molecule has 0 radical (unpaired) electrons. The molecule has 3 aromatic heterocycles. The molecule has 5 heteroatoms. The molecule has 0 amide bonds. The van der Waals surface area contributed by atoms with Crippen molar-refractivity contribution in [2.75, 3.05) is 5.32 Å². The van der Waals surface area contributed by atoms with Crippen molar-refractivity contribution < 1.29 is 0 Å². The number of anilines is 1. The Kier molecular flexibility index (Phi) is 4.43. The molecule has 3 aromatic rings. The first-order chi connectivity index (χ1) is 11.8. The van der Waals surface area contributed by atoms with Crippen molar-refractivity contribution in [1.29, 1.82) is 0 Å². The highest BCUT2D eigenvalue weighted by molar-refractivity contribution is 7.18. The molecule has 4 rings (SSSR count). The van der Waals surface area contributed by atoms with Gasteiger partial charge in [0.1, 0.15) is 10.6 Å². The summed E-state index contributed by atoms with van der Waals surface area (Å²) in [6.45, 7) is 2.13. The maximum atomic E-state index is 4.85. The van der Waals surface area contributed by atoms with Crippen molar-refractivity contribution >= 4 is 27.4 Å². The van der Waals surface area contributed by atoms with E-state index in [1.165, 1.54) is 43.4 Å². The van der Waals surface area contributed by atoms with Gasteiger partial charge in [-0.25, -0.2) is 9.97 Å². The zero-order valence-electron chi connectivity index (χ0n) is 14.0. The Morgan fingerprint density at radius 1 is 1.12 bits per heavy atom. The van der Waals surface area contributed by atoms with Gasteiger partial charge < -0.3 is 5.32 Å². The number of aryl methyl sites for hydroxylation is 1. The van der Waals surface area contributed by atoms with E-state index < -0.39 is 0 Å². The number of fused-ring (bicyclic) bond motifs is 1. The Hall–Kier alpha value is -2.01. The summed E-state index contributed by atoms with van der Waals surface area (Å²) < 4.78 is 0. The topological polar surface area (TPSA) is 50.7 Å². The van der Waals surface area contributed by atoms with Crippen LogP contribution >= 0.6 is 11.3 Å². The third kappa shape index (κ3) is 3.26. The molecule has 1 aliphatic carbocycles. The maximum Gasteiger partial charge on any atom is 0.164 e. The normalized spacial score (nSPS) is 16.2. The van der Waals surface area contributed by atoms with E-state index in [4.69, 9.17) is 9.97 Å². The second-order valence-electron chi connectivity index (χ2n) is 6.55. The smallest absolute Gasteiger partial charge is 0.164 e. The van der Waals surface area contributed by atoms with Crippen LogP contribution in [0.4, 0.5) is 5.82 Å². The number of hydrogen-bond acceptors (Lipinski definition) is 5. The Morgan fingerprint density at radius 2 is 1.96 bits per heavy atom. The molecule has 0 atom stereocenters. The fraction of sp³-hybridized carbons (Fsp3) is 0.421. The van der Waals surface area contributed by atoms with E-state index in [0.717, 1.165) is 27.4 Å². The van der Waals surface area contributed by atoms with E-state index in [1.807, 2.05) is 18.3 Å². The lowest BCUT2D eigenvalue weighted by atomic mass is 10.1. The van der Waals surface area contributed by atoms with Gasteiger partial charge in [-0.2, -0.15) is 0 Å². The molecule has 24 heavy (non-hydrogen) atoms. The molecule has 0 aromatic carbocycles. The largest absolute Gasteiger partial charge is 0.367 e. The summed E-state index contributed by atoms with van der Waals surface area (Å²) in [6, 6.07) is 6.67. The van der Waals surface area contributed by atoms with E-state index in [2.05, 4.69) is 23.3 Å². The number of rotatable bonds is 3. The molecule has 1 N–H and O–H groups in total. The van der Waals surface area contributed by atoms with Crippen molar-refractivity contribution in [3.05, 3.63) is 35.5 Å². The van der Waals surface area contributed by atoms with Crippen molar-refractivity contribution in [2.45, 2.75) is 51.5 Å². The molecule has 1 aliphatic rings. The minimum Gasteiger partial charge on any atom is -0.367 e. The molecule has 0 unspecified atom stereocenters. The van der Waals surface area contributed by atoms with Crippen LogP contribution in [0.25, 0.3) is 21.6 Å². The summed E-state index contributed by atoms with van der Waals surface area (Å²) in [4.78, 5) is 16.1. The second kappa shape index (κ2) is 6.85. The van der Waals surface area contributed by atoms with Crippen LogP contribution in [0, 0.1) is 6.92 Å². The van der Waals surface area contributed by atoms with Crippen molar-refractivity contribution in [3.63, 3.8) is 0 Å². The summed E-state index contributed by atoms with van der Waals surface area (Å²) in [5, 5.41) is 4.87. The molecule has 124 valence electrons. The van der Waals surface area contributed by atoms with Crippen LogP contribution in [0.5, 0.6) is 0 Å². The number of pyridine rings is 1. The SMILES string of the molecule is Cc1cc2c(NC3CCCCCC3)nc(-c3cccnc3)nc2s1. The third-order valence-electron chi connectivity index (χ3n) is 4.63. The number of nitrogens with one attached hydrogen (secondary N) is 1. The zero-order chi connectivity index (χ0) is 16.4. The van der Waals surface area contributed by atoms with Crippen molar-refractivity contribution in [1.82, 2.24) is 15.0 Å². The van der Waals surface area contributed by atoms with Gasteiger partial charge in [-0.15, -0.1) is 11.3 Å². The third-order valence-corrected chi connectivity index (χ3v) is 5.58. The molecule has 3 heterocycles. The molecule has 1 fully saturated rings. The second-order valence-corrected chi connectivity index (χ2v) is 7.78. The van der Waals surface area contributed by atoms with Crippen LogP contribution in [-0.4, -0.2) is 21.0 Å². The summed E-state index contributed by atoms with van der Waals surface area (Å²) >= 11 is 1.73. The monoisotopic (exact) mass is 338 g/mol. The fourth-order valence-corrected chi connectivity index (χ4v) is 4.27. The van der Waals surface area contributed by atoms with Crippen LogP contribution in [0.15, 0.2) is 30.6 Å². The summed E-state index contributed by atoms with van der Waals surface area (Å²) in [6.07, 6.45) is 11.4. The van der Waals surface area contributed by atoms with Gasteiger partial charge in [0.15, 0.2) is 5.82 Å². The Balaban J connectivity index is 1.74. The molecule has 0 aliphatic heterocycles. The Labute approximate surface area is 146 Å². The molecule has 0 bridgehead atoms. The highest BCUT2D eigenvalue weighted by atomic mass is 32.1. The van der Waals surface area contributed by atoms with Gasteiger partial charge in [0.2, 0.25) is 0 Å². The van der Waals surface area contributed by atoms with E-state index in [-0.39, 0.29) is 0 Å². The molecular formula is C19H22N4S. The van der Waals surface area contributed by atoms with E-state index in [0.29, 0.717) is 6.04 Å². The van der Waals surface area contributed by atoms with Crippen LogP contribution in [0.1, 0.15) is 43.4 Å². The number of hydrogen-bond donors (Lipinski definition) is 1. The van der Waals surface area contributed by atoms with Crippen LogP contribution < -0.4 is 5.32 Å². The van der Waals surface area contributed by atoms with E-state index in [9.17, 15) is 0 Å². The first-order valence-corrected chi connectivity index (χ1v) is 9.56. The Bertz CT molecular complexity index is 820. The van der Waals surface area contributed by atoms with Gasteiger partial charge in [-0.1, -0.05) is 25.7 Å². The minimum absolute atomic E-state index is 0.521. The lowest BCUT2D eigenvalue weighted by molar-refractivity contribution is 0.618. The number of aromatic nitrogens is 3. The molecule has 1 saturated carbocycles. The van der Waals surface area contributed by atoms with E-state index in [1.54, 1.807) is 17.5 Å². The predicted molar refractivity (Wildman–Crippen MR) is 100 cm³/mol. The van der Waals surface area contributed by atoms with Gasteiger partial charge >= 0.3 is 0 Å². The van der Waals surface area contributed by atoms with Gasteiger partial charge in [-0.3, -0.25) is 4.98 Å². The van der Waals surface area contributed by atoms with Crippen LogP contribution in [-0.2, 0) is 0 Å². The molecular weight excluding hydrogens is 316 g/mol. The number of nitrogens with zero attached hydrogens (tertiary/aromatic N) is 3. The summed E-state index contributed by atoms with van der Waals surface area (Å²) in [7, 11) is 0. The highest BCUT2D eigenvalue weighted by Crippen LogP contribution is 2.32. The predicted octanol–water partition coefficient (Wildman–Crippen LogP) is 5.20. The molecule has 4 nitrogen and oxygen atoms in total. The molecule has 0 saturated heterocycles. The average molecular weight is 338 g/mol. The van der Waals surface area contributed by atoms with Gasteiger partial charge in [-0.05, 0) is 38.0 Å². The van der Waals surface area contributed by atoms with Gasteiger partial charge in [0.05, 0.1) is 5.39 Å². The summed E-state index contributed by atoms with van der Waals surface area (Å²) in [5.74, 6) is 1.74. The first-order valence-electron chi connectivity index (χ1n) is 8.75. The lowest BCUT2D eigenvalue weighted by Gasteiger charge is -2.18. The van der Waals surface area contributed by atoms with Gasteiger partial charge in [0, 0.05) is 28.9 Å². The lowest BCUT2D eigenvalue weighted by Crippen LogP contribution is -2.19. The standard InChI is InChI=1S/C19H22N4S/c1-13-11-16-18(21-15-8-4-2-3-5-9-15)22-17(23-19(16)24-13)14-7-6-10-20-12-14/h6-7,10-12,15H,2-5,8-9H2,1H3,(H,21,22,23). The maximum absolute atomic E-state index is 4.85. The highest BCUT2D eigenvalue weighted by Gasteiger charge is 2.17. The van der Waals surface area contributed by atoms with Crippen molar-refractivity contribution in [3.8, 4) is 11.4 Å². The van der Waals surface area contributed by atoms with Gasteiger partial charge in [0.25, 0.3) is 0 Å². The van der Waals surface area contributed by atoms with E-state index >= 15 is 0 Å². The Morgan fingerprint density at radius 3 is 2.71 bits per heavy atom. The van der Waals surface area contributed by atoms with Crippen LogP contribution in [0.3, 0.4) is 0 Å². The molecule has 0 spiro atoms. The quantitative estimate of drug-likeness (QED) is 0.667. The average Bonchev–Trinajstić information content (AvgIpc) is 2.80. The fourth-order valence-electron chi connectivity index (χ4n) is 3.39. The first kappa shape index (κ1) is 15.5. The van der Waals surface area contributed by atoms with Crippen molar-refractivity contribution in [2.24, 2.45) is 0 Å². The zero-order valence-corrected chi connectivity index (χ0v) is 14.8. The van der Waals surface area contributed by atoms with Crippen LogP contribution in [0.2, 0.25) is 0 Å². The minimum atomic E-state index is 0.521. The summed E-state index contributed by atoms with van der Waals surface area (Å²) in [5.41, 5.74) is 0.967. The number of thiophene rings is 1.